The third kappa shape index (κ3) is 3.99. The van der Waals surface area contributed by atoms with Gasteiger partial charge in [0.15, 0.2) is 0 Å². The van der Waals surface area contributed by atoms with E-state index >= 15 is 0 Å². The summed E-state index contributed by atoms with van der Waals surface area (Å²) in [6, 6.07) is 2.62. The van der Waals surface area contributed by atoms with E-state index in [1.165, 1.54) is 0 Å². The Balaban J connectivity index is 1.77. The Hall–Kier alpha value is -1.58. The fourth-order valence-corrected chi connectivity index (χ4v) is 4.35. The van der Waals surface area contributed by atoms with E-state index in [0.717, 1.165) is 24.4 Å². The molecule has 1 unspecified atom stereocenters. The number of nitrogens with zero attached hydrogens (tertiary/aromatic N) is 2. The molecule has 0 fully saturated rings. The number of hydrogen-bond donors (Lipinski definition) is 1. The smallest absolute Gasteiger partial charge is 0.335 e. The first-order valence-corrected chi connectivity index (χ1v) is 9.39. The van der Waals surface area contributed by atoms with Crippen molar-refractivity contribution in [2.75, 3.05) is 6.54 Å². The summed E-state index contributed by atoms with van der Waals surface area (Å²) in [5, 5.41) is -0.176. The molecule has 0 radical (unpaired) electrons. The third-order valence-corrected chi connectivity index (χ3v) is 5.87. The van der Waals surface area contributed by atoms with Gasteiger partial charge in [-0.3, -0.25) is 0 Å². The number of halogens is 4. The Bertz CT molecular complexity index is 880. The molecule has 10 heteroatoms. The Morgan fingerprint density at radius 3 is 2.84 bits per heavy atom. The van der Waals surface area contributed by atoms with Crippen molar-refractivity contribution < 1.29 is 21.6 Å². The third-order valence-electron chi connectivity index (χ3n) is 4.15. The molecular formula is C15H15ClF3N3O2S. The molecule has 1 N–H and O–H groups in total. The standard InChI is InChI=1S/C15H15ClF3N3O2S/c16-11-1-2-13(12(8-11)15(17,18)19)25(23,24)21-9-10-3-5-22-6-4-20-14(22)7-10/h1-2,4,6,8,10,21H,3,5,7,9H2. The van der Waals surface area contributed by atoms with Crippen LogP contribution >= 0.6 is 11.6 Å². The van der Waals surface area contributed by atoms with Crippen molar-refractivity contribution in [3.05, 3.63) is 47.0 Å². The van der Waals surface area contributed by atoms with Gasteiger partial charge in [-0.25, -0.2) is 18.1 Å². The molecule has 0 aliphatic carbocycles. The lowest BCUT2D eigenvalue weighted by atomic mass is 9.98. The van der Waals surface area contributed by atoms with Crippen molar-refractivity contribution in [3.63, 3.8) is 0 Å². The van der Waals surface area contributed by atoms with Crippen molar-refractivity contribution in [2.24, 2.45) is 5.92 Å². The van der Waals surface area contributed by atoms with Gasteiger partial charge < -0.3 is 4.57 Å². The Labute approximate surface area is 147 Å². The van der Waals surface area contributed by atoms with Gasteiger partial charge in [0, 0.05) is 36.9 Å². The summed E-state index contributed by atoms with van der Waals surface area (Å²) in [5.41, 5.74) is -1.27. The molecule has 0 saturated carbocycles. The molecule has 1 atom stereocenters. The normalized spacial score (nSPS) is 18.2. The van der Waals surface area contributed by atoms with Crippen LogP contribution < -0.4 is 4.72 Å². The number of nitrogens with one attached hydrogen (secondary N) is 1. The lowest BCUT2D eigenvalue weighted by Gasteiger charge is -2.23. The number of sulfonamides is 1. The SMILES string of the molecule is O=S(=O)(NCC1CCn2ccnc2C1)c1ccc(Cl)cc1C(F)(F)F. The monoisotopic (exact) mass is 393 g/mol. The zero-order valence-corrected chi connectivity index (χ0v) is 14.5. The molecule has 136 valence electrons. The fraction of sp³-hybridized carbons (Fsp3) is 0.400. The molecule has 1 aliphatic heterocycles. The molecular weight excluding hydrogens is 379 g/mol. The number of hydrogen-bond acceptors (Lipinski definition) is 3. The minimum absolute atomic E-state index is 0.0219. The van der Waals surface area contributed by atoms with E-state index in [0.29, 0.717) is 19.0 Å². The van der Waals surface area contributed by atoms with Gasteiger partial charge in [-0.1, -0.05) is 11.6 Å². The van der Waals surface area contributed by atoms with Crippen LogP contribution in [0.5, 0.6) is 0 Å². The molecule has 0 bridgehead atoms. The maximum atomic E-state index is 13.1. The van der Waals surface area contributed by atoms with Crippen LogP contribution in [-0.2, 0) is 29.2 Å². The van der Waals surface area contributed by atoms with E-state index in [-0.39, 0.29) is 17.5 Å². The summed E-state index contributed by atoms with van der Waals surface area (Å²) in [4.78, 5) is 3.37. The van der Waals surface area contributed by atoms with Crippen molar-refractivity contribution in [2.45, 2.75) is 30.5 Å². The summed E-state index contributed by atoms with van der Waals surface area (Å²) in [6.07, 6.45) is -0.00426. The number of aromatic nitrogens is 2. The van der Waals surface area contributed by atoms with Crippen LogP contribution in [0, 0.1) is 5.92 Å². The van der Waals surface area contributed by atoms with Gasteiger partial charge in [-0.05, 0) is 30.5 Å². The number of imidazole rings is 1. The van der Waals surface area contributed by atoms with E-state index in [4.69, 9.17) is 11.6 Å². The van der Waals surface area contributed by atoms with Crippen LogP contribution in [0.1, 0.15) is 17.8 Å². The van der Waals surface area contributed by atoms with Gasteiger partial charge in [-0.2, -0.15) is 13.2 Å². The second kappa shape index (κ2) is 6.62. The van der Waals surface area contributed by atoms with Crippen LogP contribution in [0.2, 0.25) is 5.02 Å². The van der Waals surface area contributed by atoms with E-state index in [1.807, 2.05) is 10.8 Å². The summed E-state index contributed by atoms with van der Waals surface area (Å²) in [7, 11) is -4.31. The highest BCUT2D eigenvalue weighted by Crippen LogP contribution is 2.35. The van der Waals surface area contributed by atoms with E-state index in [2.05, 4.69) is 9.71 Å². The molecule has 3 rings (SSSR count). The molecule has 0 saturated heterocycles. The molecule has 25 heavy (non-hydrogen) atoms. The second-order valence-corrected chi connectivity index (χ2v) is 8.06. The average Bonchev–Trinajstić information content (AvgIpc) is 2.99. The number of alkyl halides is 3. The Kier molecular flexibility index (Phi) is 4.82. The molecule has 1 aliphatic rings. The molecule has 1 aromatic carbocycles. The zero-order chi connectivity index (χ0) is 18.2. The second-order valence-electron chi connectivity index (χ2n) is 5.89. The van der Waals surface area contributed by atoms with Crippen LogP contribution in [0.3, 0.4) is 0 Å². The Morgan fingerprint density at radius 2 is 2.12 bits per heavy atom. The van der Waals surface area contributed by atoms with Crippen LogP contribution in [0.15, 0.2) is 35.5 Å². The van der Waals surface area contributed by atoms with Gasteiger partial charge in [0.2, 0.25) is 10.0 Å². The van der Waals surface area contributed by atoms with E-state index in [1.54, 1.807) is 6.20 Å². The molecule has 1 aromatic heterocycles. The summed E-state index contributed by atoms with van der Waals surface area (Å²) in [5.74, 6) is 0.823. The summed E-state index contributed by atoms with van der Waals surface area (Å²) in [6.45, 7) is 0.756. The zero-order valence-electron chi connectivity index (χ0n) is 12.9. The number of fused-ring (bicyclic) bond motifs is 1. The average molecular weight is 394 g/mol. The minimum atomic E-state index is -4.81. The number of rotatable bonds is 4. The minimum Gasteiger partial charge on any atom is -0.335 e. The van der Waals surface area contributed by atoms with Crippen LogP contribution in [0.4, 0.5) is 13.2 Å². The lowest BCUT2D eigenvalue weighted by molar-refractivity contribution is -0.139. The predicted molar refractivity (Wildman–Crippen MR) is 85.7 cm³/mol. The largest absolute Gasteiger partial charge is 0.417 e. The molecule has 5 nitrogen and oxygen atoms in total. The molecule has 2 aromatic rings. The first-order chi connectivity index (χ1) is 11.7. The number of benzene rings is 1. The van der Waals surface area contributed by atoms with E-state index < -0.39 is 26.7 Å². The quantitative estimate of drug-likeness (QED) is 0.868. The molecule has 0 spiro atoms. The van der Waals surface area contributed by atoms with Gasteiger partial charge in [0.05, 0.1) is 10.5 Å². The topological polar surface area (TPSA) is 64.0 Å². The number of aryl methyl sites for hydroxylation is 1. The molecule has 2 heterocycles. The van der Waals surface area contributed by atoms with Crippen molar-refractivity contribution in [3.8, 4) is 0 Å². The van der Waals surface area contributed by atoms with Crippen LogP contribution in [-0.4, -0.2) is 24.5 Å². The first kappa shape index (κ1) is 18.2. The fourth-order valence-electron chi connectivity index (χ4n) is 2.85. The van der Waals surface area contributed by atoms with E-state index in [9.17, 15) is 21.6 Å². The van der Waals surface area contributed by atoms with Crippen LogP contribution in [0.25, 0.3) is 0 Å². The lowest BCUT2D eigenvalue weighted by Crippen LogP contribution is -2.34. The van der Waals surface area contributed by atoms with Crippen molar-refractivity contribution in [1.29, 1.82) is 0 Å². The highest BCUT2D eigenvalue weighted by molar-refractivity contribution is 7.89. The van der Waals surface area contributed by atoms with Gasteiger partial charge in [0.1, 0.15) is 5.82 Å². The van der Waals surface area contributed by atoms with Crippen molar-refractivity contribution >= 4 is 21.6 Å². The molecule has 0 amide bonds. The summed E-state index contributed by atoms with van der Waals surface area (Å²) >= 11 is 5.58. The predicted octanol–water partition coefficient (Wildman–Crippen LogP) is 3.10. The van der Waals surface area contributed by atoms with Gasteiger partial charge >= 0.3 is 6.18 Å². The highest BCUT2D eigenvalue weighted by Gasteiger charge is 2.37. The van der Waals surface area contributed by atoms with Crippen molar-refractivity contribution in [1.82, 2.24) is 14.3 Å². The van der Waals surface area contributed by atoms with Gasteiger partial charge in [0.25, 0.3) is 0 Å². The maximum absolute atomic E-state index is 13.1. The Morgan fingerprint density at radius 1 is 1.36 bits per heavy atom. The summed E-state index contributed by atoms with van der Waals surface area (Å²) < 4.78 is 68.4. The first-order valence-electron chi connectivity index (χ1n) is 7.53. The van der Waals surface area contributed by atoms with Gasteiger partial charge in [-0.15, -0.1) is 0 Å². The maximum Gasteiger partial charge on any atom is 0.417 e. The highest BCUT2D eigenvalue weighted by atomic mass is 35.5.